The van der Waals surface area contributed by atoms with Crippen LogP contribution in [-0.2, 0) is 4.79 Å². The maximum Gasteiger partial charge on any atom is 0.224 e. The predicted molar refractivity (Wildman–Crippen MR) is 107 cm³/mol. The highest BCUT2D eigenvalue weighted by Crippen LogP contribution is 2.31. The number of hydrogen-bond acceptors (Lipinski definition) is 5. The number of carbonyl (C=O) groups is 1. The van der Waals surface area contributed by atoms with Gasteiger partial charge >= 0.3 is 0 Å². The normalized spacial score (nSPS) is 10.4. The Kier molecular flexibility index (Phi) is 5.86. The highest BCUT2D eigenvalue weighted by molar-refractivity contribution is 7.14. The van der Waals surface area contributed by atoms with E-state index < -0.39 is 0 Å². The number of thiazole rings is 1. The second-order valence-electron chi connectivity index (χ2n) is 5.74. The van der Waals surface area contributed by atoms with Crippen LogP contribution in [0.3, 0.4) is 0 Å². The summed E-state index contributed by atoms with van der Waals surface area (Å²) in [6.45, 7) is 1.99. The topological polar surface area (TPSA) is 63.2 Å². The molecule has 6 heteroatoms. The van der Waals surface area contributed by atoms with Crippen LogP contribution < -0.4 is 15.4 Å². The molecule has 1 amide bonds. The zero-order valence-electron chi connectivity index (χ0n) is 14.8. The summed E-state index contributed by atoms with van der Waals surface area (Å²) in [6.07, 6.45) is 1.37. The number of methoxy groups -OCH3 is 1. The van der Waals surface area contributed by atoms with Crippen LogP contribution >= 0.6 is 11.3 Å². The highest BCUT2D eigenvalue weighted by Gasteiger charge is 2.08. The maximum absolute atomic E-state index is 11.7. The number of hydrogen-bond donors (Lipinski definition) is 2. The molecular weight excluding hydrogens is 346 g/mol. The number of anilines is 3. The number of ether oxygens (including phenoxy) is 1. The lowest BCUT2D eigenvalue weighted by molar-refractivity contribution is -0.116. The van der Waals surface area contributed by atoms with Gasteiger partial charge < -0.3 is 15.4 Å². The van der Waals surface area contributed by atoms with Gasteiger partial charge in [-0.05, 0) is 30.7 Å². The molecule has 0 bridgehead atoms. The van der Waals surface area contributed by atoms with Gasteiger partial charge in [0.15, 0.2) is 5.13 Å². The van der Waals surface area contributed by atoms with Crippen LogP contribution in [-0.4, -0.2) is 18.0 Å². The molecule has 3 aromatic rings. The first kappa shape index (κ1) is 17.9. The van der Waals surface area contributed by atoms with Gasteiger partial charge in [0.2, 0.25) is 5.91 Å². The van der Waals surface area contributed by atoms with Gasteiger partial charge in [0.25, 0.3) is 0 Å². The van der Waals surface area contributed by atoms with E-state index in [0.29, 0.717) is 6.42 Å². The third-order valence-corrected chi connectivity index (χ3v) is 4.55. The van der Waals surface area contributed by atoms with Gasteiger partial charge in [-0.25, -0.2) is 4.98 Å². The molecule has 0 fully saturated rings. The molecule has 3 rings (SSSR count). The van der Waals surface area contributed by atoms with Crippen LogP contribution in [0.4, 0.5) is 16.5 Å². The maximum atomic E-state index is 11.7. The van der Waals surface area contributed by atoms with Gasteiger partial charge in [-0.3, -0.25) is 4.79 Å². The first-order chi connectivity index (χ1) is 12.7. The van der Waals surface area contributed by atoms with Crippen LogP contribution in [0.2, 0.25) is 0 Å². The predicted octanol–water partition coefficient (Wildman–Crippen LogP) is 5.30. The molecule has 0 atom stereocenters. The van der Waals surface area contributed by atoms with Crippen molar-refractivity contribution in [1.82, 2.24) is 4.98 Å². The van der Waals surface area contributed by atoms with E-state index in [1.807, 2.05) is 60.8 Å². The standard InChI is InChI=1S/C20H21N3O2S/c1-3-6-19(24)21-15-11-9-14(10-12-15)17-13-26-20(23-17)22-16-7-4-5-8-18(16)25-2/h4-5,7-13H,3,6H2,1-2H3,(H,21,24)(H,22,23). The number of rotatable bonds is 7. The van der Waals surface area contributed by atoms with Crippen molar-refractivity contribution in [2.75, 3.05) is 17.7 Å². The molecule has 0 aliphatic rings. The second-order valence-corrected chi connectivity index (χ2v) is 6.60. The molecular formula is C20H21N3O2S. The number of nitrogens with one attached hydrogen (secondary N) is 2. The van der Waals surface area contributed by atoms with E-state index in [1.165, 1.54) is 11.3 Å². The second kappa shape index (κ2) is 8.49. The average Bonchev–Trinajstić information content (AvgIpc) is 3.11. The largest absolute Gasteiger partial charge is 0.495 e. The van der Waals surface area contributed by atoms with Gasteiger partial charge in [0.05, 0.1) is 18.5 Å². The summed E-state index contributed by atoms with van der Waals surface area (Å²) in [4.78, 5) is 16.3. The third kappa shape index (κ3) is 4.40. The Bertz CT molecular complexity index is 875. The van der Waals surface area contributed by atoms with Gasteiger partial charge in [0.1, 0.15) is 5.75 Å². The summed E-state index contributed by atoms with van der Waals surface area (Å²) >= 11 is 1.53. The van der Waals surface area contributed by atoms with Crippen LogP contribution in [0, 0.1) is 0 Å². The smallest absolute Gasteiger partial charge is 0.224 e. The van der Waals surface area contributed by atoms with Gasteiger partial charge in [-0.1, -0.05) is 31.2 Å². The van der Waals surface area contributed by atoms with Gasteiger partial charge in [-0.15, -0.1) is 11.3 Å². The number of para-hydroxylation sites is 2. The summed E-state index contributed by atoms with van der Waals surface area (Å²) in [6, 6.07) is 15.5. The zero-order chi connectivity index (χ0) is 18.4. The number of benzene rings is 2. The summed E-state index contributed by atoms with van der Waals surface area (Å²) in [5.41, 5.74) is 3.57. The first-order valence-electron chi connectivity index (χ1n) is 8.45. The average molecular weight is 367 g/mol. The van der Waals surface area contributed by atoms with E-state index in [4.69, 9.17) is 4.74 Å². The Morgan fingerprint density at radius 2 is 1.92 bits per heavy atom. The van der Waals surface area contributed by atoms with E-state index in [1.54, 1.807) is 7.11 Å². The van der Waals surface area contributed by atoms with Crippen molar-refractivity contribution in [2.24, 2.45) is 0 Å². The fraction of sp³-hybridized carbons (Fsp3) is 0.200. The van der Waals surface area contributed by atoms with Crippen molar-refractivity contribution in [3.05, 3.63) is 53.9 Å². The first-order valence-corrected chi connectivity index (χ1v) is 9.33. The Labute approximate surface area is 157 Å². The van der Waals surface area contributed by atoms with Crippen molar-refractivity contribution in [3.63, 3.8) is 0 Å². The lowest BCUT2D eigenvalue weighted by atomic mass is 10.1. The van der Waals surface area contributed by atoms with Crippen molar-refractivity contribution in [1.29, 1.82) is 0 Å². The van der Waals surface area contributed by atoms with Crippen molar-refractivity contribution < 1.29 is 9.53 Å². The van der Waals surface area contributed by atoms with E-state index in [0.717, 1.165) is 39.9 Å². The minimum Gasteiger partial charge on any atom is -0.495 e. The summed E-state index contributed by atoms with van der Waals surface area (Å²) in [7, 11) is 1.65. The molecule has 26 heavy (non-hydrogen) atoms. The number of nitrogens with zero attached hydrogens (tertiary/aromatic N) is 1. The van der Waals surface area contributed by atoms with E-state index in [-0.39, 0.29) is 5.91 Å². The molecule has 0 aliphatic heterocycles. The minimum absolute atomic E-state index is 0.0391. The molecule has 0 saturated heterocycles. The van der Waals surface area contributed by atoms with Crippen molar-refractivity contribution in [3.8, 4) is 17.0 Å². The molecule has 2 aromatic carbocycles. The summed E-state index contributed by atoms with van der Waals surface area (Å²) < 4.78 is 5.35. The van der Waals surface area contributed by atoms with Crippen LogP contribution in [0.15, 0.2) is 53.9 Å². The monoisotopic (exact) mass is 367 g/mol. The van der Waals surface area contributed by atoms with E-state index >= 15 is 0 Å². The number of amides is 1. The lowest BCUT2D eigenvalue weighted by Gasteiger charge is -2.08. The molecule has 2 N–H and O–H groups in total. The number of carbonyl (C=O) groups excluding carboxylic acids is 1. The number of aromatic nitrogens is 1. The fourth-order valence-corrected chi connectivity index (χ4v) is 3.23. The quantitative estimate of drug-likeness (QED) is 0.595. The van der Waals surface area contributed by atoms with Gasteiger partial charge in [-0.2, -0.15) is 0 Å². The molecule has 0 spiro atoms. The Morgan fingerprint density at radius 1 is 1.15 bits per heavy atom. The Morgan fingerprint density at radius 3 is 2.65 bits per heavy atom. The minimum atomic E-state index is 0.0391. The molecule has 0 unspecified atom stereocenters. The van der Waals surface area contributed by atoms with Crippen LogP contribution in [0.5, 0.6) is 5.75 Å². The molecule has 0 radical (unpaired) electrons. The molecule has 0 aliphatic carbocycles. The Hall–Kier alpha value is -2.86. The molecule has 1 heterocycles. The highest BCUT2D eigenvalue weighted by atomic mass is 32.1. The van der Waals surface area contributed by atoms with Crippen LogP contribution in [0.25, 0.3) is 11.3 Å². The SMILES string of the molecule is CCCC(=O)Nc1ccc(-c2csc(Nc3ccccc3OC)n2)cc1. The summed E-state index contributed by atoms with van der Waals surface area (Å²) in [5.74, 6) is 0.814. The Balaban J connectivity index is 1.70. The van der Waals surface area contributed by atoms with Crippen LogP contribution in [0.1, 0.15) is 19.8 Å². The summed E-state index contributed by atoms with van der Waals surface area (Å²) in [5, 5.41) is 8.98. The van der Waals surface area contributed by atoms with Crippen molar-refractivity contribution in [2.45, 2.75) is 19.8 Å². The van der Waals surface area contributed by atoms with E-state index in [9.17, 15) is 4.79 Å². The third-order valence-electron chi connectivity index (χ3n) is 3.79. The van der Waals surface area contributed by atoms with E-state index in [2.05, 4.69) is 15.6 Å². The zero-order valence-corrected chi connectivity index (χ0v) is 15.6. The molecule has 134 valence electrons. The molecule has 0 saturated carbocycles. The fourth-order valence-electron chi connectivity index (χ4n) is 2.50. The lowest BCUT2D eigenvalue weighted by Crippen LogP contribution is -2.10. The molecule has 1 aromatic heterocycles. The van der Waals surface area contributed by atoms with Gasteiger partial charge in [0, 0.05) is 23.1 Å². The van der Waals surface area contributed by atoms with Crippen molar-refractivity contribution >= 4 is 33.8 Å². The molecule has 5 nitrogen and oxygen atoms in total.